The number of amidine groups is 1. The number of nitrogens with one attached hydrogen (secondary N) is 2. The van der Waals surface area contributed by atoms with Crippen LogP contribution in [-0.2, 0) is 7.05 Å². The van der Waals surface area contributed by atoms with Crippen LogP contribution in [0.1, 0.15) is 0 Å². The molecule has 0 aliphatic carbocycles. The standard InChI is InChI=1S/C5H7N5O2S/c1-10-5(12)8-2(11)3(9-10)13-4(6)7/h1H3,(H3,6,7)(H,8,11,12). The summed E-state index contributed by atoms with van der Waals surface area (Å²) in [5, 5.41) is 10.3. The molecule has 1 heterocycles. The van der Waals surface area contributed by atoms with Gasteiger partial charge in [0.25, 0.3) is 5.56 Å². The molecular weight excluding hydrogens is 194 g/mol. The van der Waals surface area contributed by atoms with Crippen molar-refractivity contribution in [3.63, 3.8) is 0 Å². The van der Waals surface area contributed by atoms with Crippen LogP contribution >= 0.6 is 11.8 Å². The predicted octanol–water partition coefficient (Wildman–Crippen LogP) is -1.55. The second-order valence-corrected chi connectivity index (χ2v) is 3.18. The van der Waals surface area contributed by atoms with Crippen molar-refractivity contribution < 1.29 is 0 Å². The van der Waals surface area contributed by atoms with Crippen LogP contribution in [0.25, 0.3) is 0 Å². The summed E-state index contributed by atoms with van der Waals surface area (Å²) < 4.78 is 0.965. The maximum Gasteiger partial charge on any atom is 0.344 e. The minimum Gasteiger partial charge on any atom is -0.378 e. The van der Waals surface area contributed by atoms with Gasteiger partial charge in [0.2, 0.25) is 0 Å². The zero-order valence-electron chi connectivity index (χ0n) is 6.70. The number of H-pyrrole nitrogens is 1. The van der Waals surface area contributed by atoms with Crippen LogP contribution < -0.4 is 17.0 Å². The van der Waals surface area contributed by atoms with Crippen LogP contribution in [-0.4, -0.2) is 19.9 Å². The lowest BCUT2D eigenvalue weighted by atomic mass is 10.8. The van der Waals surface area contributed by atoms with E-state index in [1.54, 1.807) is 0 Å². The Morgan fingerprint density at radius 3 is 2.85 bits per heavy atom. The topological polar surface area (TPSA) is 118 Å². The lowest BCUT2D eigenvalue weighted by molar-refractivity contribution is 0.623. The molecule has 0 spiro atoms. The molecule has 13 heavy (non-hydrogen) atoms. The first kappa shape index (κ1) is 9.52. The number of thioether (sulfide) groups is 1. The molecule has 0 aliphatic rings. The van der Waals surface area contributed by atoms with Gasteiger partial charge in [-0.05, 0) is 11.8 Å². The average molecular weight is 201 g/mol. The minimum atomic E-state index is -0.636. The third-order valence-corrected chi connectivity index (χ3v) is 1.84. The Balaban J connectivity index is 3.24. The van der Waals surface area contributed by atoms with E-state index in [2.05, 4.69) is 5.10 Å². The Bertz CT molecular complexity index is 447. The fraction of sp³-hybridized carbons (Fsp3) is 0.200. The zero-order valence-corrected chi connectivity index (χ0v) is 7.51. The highest BCUT2D eigenvalue weighted by molar-refractivity contribution is 8.13. The normalized spacial score (nSPS) is 9.92. The molecule has 0 saturated heterocycles. The summed E-state index contributed by atoms with van der Waals surface area (Å²) in [5.74, 6) is 0. The summed E-state index contributed by atoms with van der Waals surface area (Å²) in [7, 11) is 1.39. The molecule has 0 bridgehead atoms. The van der Waals surface area contributed by atoms with Crippen molar-refractivity contribution in [2.75, 3.05) is 0 Å². The van der Waals surface area contributed by atoms with Gasteiger partial charge in [-0.25, -0.2) is 9.48 Å². The fourth-order valence-electron chi connectivity index (χ4n) is 0.629. The van der Waals surface area contributed by atoms with Gasteiger partial charge in [0.05, 0.1) is 0 Å². The number of aryl methyl sites for hydroxylation is 1. The number of nitrogens with two attached hydrogens (primary N) is 1. The number of rotatable bonds is 1. The largest absolute Gasteiger partial charge is 0.378 e. The van der Waals surface area contributed by atoms with Gasteiger partial charge in [0.1, 0.15) is 0 Å². The van der Waals surface area contributed by atoms with E-state index in [9.17, 15) is 9.59 Å². The summed E-state index contributed by atoms with van der Waals surface area (Å²) >= 11 is 0.694. The number of aromatic amines is 1. The summed E-state index contributed by atoms with van der Waals surface area (Å²) in [4.78, 5) is 23.9. The molecule has 0 radical (unpaired) electrons. The molecule has 1 rings (SSSR count). The molecule has 0 aliphatic heterocycles. The summed E-state index contributed by atoms with van der Waals surface area (Å²) in [6, 6.07) is 0. The van der Waals surface area contributed by atoms with Gasteiger partial charge in [-0.3, -0.25) is 15.2 Å². The lowest BCUT2D eigenvalue weighted by Gasteiger charge is -1.98. The Morgan fingerprint density at radius 2 is 2.31 bits per heavy atom. The van der Waals surface area contributed by atoms with Gasteiger partial charge < -0.3 is 5.73 Å². The summed E-state index contributed by atoms with van der Waals surface area (Å²) in [6.07, 6.45) is 0. The van der Waals surface area contributed by atoms with E-state index in [0.717, 1.165) is 4.68 Å². The smallest absolute Gasteiger partial charge is 0.344 e. The van der Waals surface area contributed by atoms with Crippen LogP contribution in [0, 0.1) is 5.41 Å². The van der Waals surface area contributed by atoms with Crippen molar-refractivity contribution in [2.45, 2.75) is 5.03 Å². The Morgan fingerprint density at radius 1 is 1.69 bits per heavy atom. The first-order valence-corrected chi connectivity index (χ1v) is 4.02. The molecule has 70 valence electrons. The molecule has 1 aromatic rings. The summed E-state index contributed by atoms with van der Waals surface area (Å²) in [5.41, 5.74) is 3.81. The van der Waals surface area contributed by atoms with Crippen molar-refractivity contribution >= 4 is 16.9 Å². The number of hydrogen-bond acceptors (Lipinski definition) is 5. The molecule has 0 fully saturated rings. The van der Waals surface area contributed by atoms with Gasteiger partial charge in [-0.1, -0.05) is 0 Å². The van der Waals surface area contributed by atoms with E-state index in [1.807, 2.05) is 4.98 Å². The highest BCUT2D eigenvalue weighted by Crippen LogP contribution is 2.05. The molecular formula is C5H7N5O2S. The van der Waals surface area contributed by atoms with E-state index >= 15 is 0 Å². The highest BCUT2D eigenvalue weighted by atomic mass is 32.2. The first-order valence-electron chi connectivity index (χ1n) is 3.20. The van der Waals surface area contributed by atoms with Gasteiger partial charge in [-0.15, -0.1) is 0 Å². The van der Waals surface area contributed by atoms with Crippen LogP contribution in [0.4, 0.5) is 0 Å². The lowest BCUT2D eigenvalue weighted by Crippen LogP contribution is -2.32. The van der Waals surface area contributed by atoms with Crippen molar-refractivity contribution in [1.29, 1.82) is 5.41 Å². The number of nitrogens with zero attached hydrogens (tertiary/aromatic N) is 2. The Kier molecular flexibility index (Phi) is 2.52. The SMILES string of the molecule is Cn1nc(SC(=N)N)c(=O)[nH]c1=O. The highest BCUT2D eigenvalue weighted by Gasteiger charge is 2.06. The zero-order chi connectivity index (χ0) is 10.0. The van der Waals surface area contributed by atoms with Gasteiger partial charge in [0, 0.05) is 7.05 Å². The van der Waals surface area contributed by atoms with Crippen molar-refractivity contribution in [3.05, 3.63) is 20.8 Å². The molecule has 0 atom stereocenters. The maximum atomic E-state index is 11.0. The molecule has 1 aromatic heterocycles. The van der Waals surface area contributed by atoms with Crippen LogP contribution in [0.3, 0.4) is 0 Å². The van der Waals surface area contributed by atoms with Gasteiger partial charge in [0.15, 0.2) is 10.2 Å². The molecule has 8 heteroatoms. The van der Waals surface area contributed by atoms with E-state index in [-0.39, 0.29) is 10.2 Å². The fourth-order valence-corrected chi connectivity index (χ4v) is 1.14. The van der Waals surface area contributed by atoms with Crippen LogP contribution in [0.5, 0.6) is 0 Å². The van der Waals surface area contributed by atoms with Crippen molar-refractivity contribution in [2.24, 2.45) is 12.8 Å². The predicted molar refractivity (Wildman–Crippen MR) is 47.9 cm³/mol. The molecule has 0 saturated carbocycles. The monoisotopic (exact) mass is 201 g/mol. The maximum absolute atomic E-state index is 11.0. The molecule has 0 aromatic carbocycles. The third-order valence-electron chi connectivity index (χ3n) is 1.16. The third kappa shape index (κ3) is 2.18. The van der Waals surface area contributed by atoms with Crippen molar-refractivity contribution in [1.82, 2.24) is 14.8 Å². The van der Waals surface area contributed by atoms with Crippen LogP contribution in [0.15, 0.2) is 14.6 Å². The summed E-state index contributed by atoms with van der Waals surface area (Å²) in [6.45, 7) is 0. The Labute approximate surface area is 76.5 Å². The Hall–Kier alpha value is -1.57. The molecule has 7 nitrogen and oxygen atoms in total. The average Bonchev–Trinajstić information content (AvgIpc) is 1.99. The van der Waals surface area contributed by atoms with Gasteiger partial charge in [-0.2, -0.15) is 5.10 Å². The second kappa shape index (κ2) is 3.44. The van der Waals surface area contributed by atoms with E-state index in [4.69, 9.17) is 11.1 Å². The molecule has 0 unspecified atom stereocenters. The number of aromatic nitrogens is 3. The minimum absolute atomic E-state index is 0.0189. The van der Waals surface area contributed by atoms with E-state index in [0.29, 0.717) is 11.8 Å². The molecule has 4 N–H and O–H groups in total. The quantitative estimate of drug-likeness (QED) is 0.289. The molecule has 0 amide bonds. The van der Waals surface area contributed by atoms with Gasteiger partial charge >= 0.3 is 5.69 Å². The second-order valence-electron chi connectivity index (χ2n) is 2.15. The first-order chi connectivity index (χ1) is 6.00. The number of hydrogen-bond donors (Lipinski definition) is 3. The van der Waals surface area contributed by atoms with Crippen molar-refractivity contribution in [3.8, 4) is 0 Å². The van der Waals surface area contributed by atoms with Crippen LogP contribution in [0.2, 0.25) is 0 Å². The van der Waals surface area contributed by atoms with E-state index < -0.39 is 11.2 Å². The van der Waals surface area contributed by atoms with E-state index in [1.165, 1.54) is 7.05 Å².